The molecule has 0 saturated carbocycles. The molecule has 172 valence electrons. The van der Waals surface area contributed by atoms with E-state index in [0.29, 0.717) is 27.6 Å². The highest BCUT2D eigenvalue weighted by Gasteiger charge is 2.19. The van der Waals surface area contributed by atoms with Crippen LogP contribution in [0.25, 0.3) is 27.3 Å². The van der Waals surface area contributed by atoms with E-state index in [1.807, 2.05) is 37.3 Å². The summed E-state index contributed by atoms with van der Waals surface area (Å²) in [6.45, 7) is 8.46. The molecule has 3 aromatic heterocycles. The van der Waals surface area contributed by atoms with Gasteiger partial charge in [0.15, 0.2) is 0 Å². The van der Waals surface area contributed by atoms with Crippen molar-refractivity contribution >= 4 is 21.6 Å². The van der Waals surface area contributed by atoms with Crippen LogP contribution in [0.3, 0.4) is 0 Å². The van der Waals surface area contributed by atoms with Gasteiger partial charge in [0, 0.05) is 5.56 Å². The molecule has 2 aromatic carbocycles. The van der Waals surface area contributed by atoms with Crippen molar-refractivity contribution in [1.82, 2.24) is 19.3 Å². The first kappa shape index (κ1) is 22.0. The van der Waals surface area contributed by atoms with Gasteiger partial charge in [-0.2, -0.15) is 4.98 Å². The van der Waals surface area contributed by atoms with Crippen molar-refractivity contribution in [1.29, 1.82) is 0 Å². The number of rotatable bonds is 4. The summed E-state index contributed by atoms with van der Waals surface area (Å²) >= 11 is 1.31. The molecule has 5 rings (SSSR count). The molecular weight excluding hydrogens is 448 g/mol. The molecule has 0 bridgehead atoms. The lowest BCUT2D eigenvalue weighted by molar-refractivity contribution is 0.370. The molecule has 3 heterocycles. The van der Waals surface area contributed by atoms with Gasteiger partial charge in [-0.25, -0.2) is 9.36 Å². The second-order valence-electron chi connectivity index (χ2n) is 9.32. The maximum Gasteiger partial charge on any atom is 0.336 e. The van der Waals surface area contributed by atoms with Gasteiger partial charge in [-0.1, -0.05) is 62.3 Å². The molecule has 0 fully saturated rings. The van der Waals surface area contributed by atoms with Gasteiger partial charge >= 0.3 is 5.69 Å². The van der Waals surface area contributed by atoms with E-state index in [1.165, 1.54) is 26.0 Å². The van der Waals surface area contributed by atoms with Crippen LogP contribution in [0.15, 0.2) is 74.1 Å². The predicted molar refractivity (Wildman–Crippen MR) is 134 cm³/mol. The van der Waals surface area contributed by atoms with Crippen molar-refractivity contribution in [2.75, 3.05) is 0 Å². The molecule has 0 spiro atoms. The van der Waals surface area contributed by atoms with Gasteiger partial charge in [-0.05, 0) is 47.0 Å². The standard InChI is InChI=1S/C26H24N4O3S/c1-16-6-5-7-19(14-16)30-24(31)22-20(12-13-34-22)29(25(30)32)15-21-27-23(28-33-21)17-8-10-18(11-9-17)26(2,3)4/h5-14H,15H2,1-4H3. The summed E-state index contributed by atoms with van der Waals surface area (Å²) in [5.41, 5.74) is 3.36. The third kappa shape index (κ3) is 3.90. The van der Waals surface area contributed by atoms with E-state index in [0.717, 1.165) is 11.1 Å². The molecule has 5 aromatic rings. The fourth-order valence-corrected chi connectivity index (χ4v) is 4.75. The minimum atomic E-state index is -0.448. The summed E-state index contributed by atoms with van der Waals surface area (Å²) in [6.07, 6.45) is 0. The summed E-state index contributed by atoms with van der Waals surface area (Å²) < 4.78 is 8.70. The van der Waals surface area contributed by atoms with E-state index in [4.69, 9.17) is 4.52 Å². The van der Waals surface area contributed by atoms with Crippen LogP contribution in [-0.2, 0) is 12.0 Å². The molecule has 0 atom stereocenters. The number of nitrogens with zero attached hydrogens (tertiary/aromatic N) is 4. The van der Waals surface area contributed by atoms with Crippen LogP contribution in [0.5, 0.6) is 0 Å². The SMILES string of the molecule is Cc1cccc(-n2c(=O)c3sccc3n(Cc3nc(-c4ccc(C(C)(C)C)cc4)no3)c2=O)c1. The molecule has 0 radical (unpaired) electrons. The molecule has 7 nitrogen and oxygen atoms in total. The topological polar surface area (TPSA) is 82.9 Å². The molecule has 0 aliphatic heterocycles. The molecular formula is C26H24N4O3S. The van der Waals surface area contributed by atoms with E-state index in [9.17, 15) is 9.59 Å². The fraction of sp³-hybridized carbons (Fsp3) is 0.231. The van der Waals surface area contributed by atoms with Crippen molar-refractivity contribution in [3.8, 4) is 17.1 Å². The first-order chi connectivity index (χ1) is 16.2. The van der Waals surface area contributed by atoms with E-state index in [2.05, 4.69) is 43.0 Å². The van der Waals surface area contributed by atoms with Crippen LogP contribution in [0.4, 0.5) is 0 Å². The maximum atomic E-state index is 13.5. The Balaban J connectivity index is 1.56. The monoisotopic (exact) mass is 472 g/mol. The smallest absolute Gasteiger partial charge is 0.336 e. The van der Waals surface area contributed by atoms with Gasteiger partial charge in [-0.15, -0.1) is 11.3 Å². The van der Waals surface area contributed by atoms with Crippen molar-refractivity contribution in [3.05, 3.63) is 97.8 Å². The van der Waals surface area contributed by atoms with Gasteiger partial charge < -0.3 is 4.52 Å². The number of aryl methyl sites for hydroxylation is 1. The lowest BCUT2D eigenvalue weighted by Crippen LogP contribution is -2.38. The van der Waals surface area contributed by atoms with Crippen molar-refractivity contribution in [2.45, 2.75) is 39.7 Å². The quantitative estimate of drug-likeness (QED) is 0.371. The molecule has 0 N–H and O–H groups in total. The lowest BCUT2D eigenvalue weighted by Gasteiger charge is -2.18. The maximum absolute atomic E-state index is 13.5. The van der Waals surface area contributed by atoms with E-state index in [1.54, 1.807) is 17.5 Å². The van der Waals surface area contributed by atoms with E-state index >= 15 is 0 Å². The first-order valence-electron chi connectivity index (χ1n) is 11.0. The van der Waals surface area contributed by atoms with Crippen LogP contribution in [0, 0.1) is 6.92 Å². The average Bonchev–Trinajstić information content (AvgIpc) is 3.46. The van der Waals surface area contributed by atoms with E-state index in [-0.39, 0.29) is 17.5 Å². The molecule has 0 aliphatic rings. The third-order valence-corrected chi connectivity index (χ3v) is 6.68. The van der Waals surface area contributed by atoms with Crippen molar-refractivity contribution < 1.29 is 4.52 Å². The fourth-order valence-electron chi connectivity index (χ4n) is 3.93. The molecule has 8 heteroatoms. The Morgan fingerprint density at radius 3 is 2.50 bits per heavy atom. The molecule has 0 unspecified atom stereocenters. The van der Waals surface area contributed by atoms with Crippen LogP contribution < -0.4 is 11.2 Å². The van der Waals surface area contributed by atoms with Crippen molar-refractivity contribution in [2.24, 2.45) is 0 Å². The summed E-state index contributed by atoms with van der Waals surface area (Å²) in [5, 5.41) is 5.92. The minimum absolute atomic E-state index is 0.0500. The first-order valence-corrected chi connectivity index (χ1v) is 11.8. The highest BCUT2D eigenvalue weighted by atomic mass is 32.1. The highest BCUT2D eigenvalue weighted by molar-refractivity contribution is 7.17. The minimum Gasteiger partial charge on any atom is -0.337 e. The van der Waals surface area contributed by atoms with E-state index < -0.39 is 5.69 Å². The van der Waals surface area contributed by atoms with Gasteiger partial charge in [0.05, 0.1) is 11.2 Å². The zero-order chi connectivity index (χ0) is 24.0. The van der Waals surface area contributed by atoms with Gasteiger partial charge in [0.2, 0.25) is 11.7 Å². The van der Waals surface area contributed by atoms with Crippen LogP contribution >= 0.6 is 11.3 Å². The Labute approximate surface area is 199 Å². The number of fused-ring (bicyclic) bond motifs is 1. The summed E-state index contributed by atoms with van der Waals surface area (Å²) in [6, 6.07) is 17.1. The van der Waals surface area contributed by atoms with Crippen molar-refractivity contribution in [3.63, 3.8) is 0 Å². The second kappa shape index (κ2) is 8.22. The number of aromatic nitrogens is 4. The third-order valence-electron chi connectivity index (χ3n) is 5.79. The lowest BCUT2D eigenvalue weighted by atomic mass is 9.87. The van der Waals surface area contributed by atoms with Crippen LogP contribution in [-0.4, -0.2) is 19.3 Å². The Morgan fingerprint density at radius 1 is 1.03 bits per heavy atom. The van der Waals surface area contributed by atoms with Crippen LogP contribution in [0.1, 0.15) is 37.8 Å². The van der Waals surface area contributed by atoms with Gasteiger partial charge in [-0.3, -0.25) is 9.36 Å². The zero-order valence-corrected chi connectivity index (χ0v) is 20.2. The average molecular weight is 473 g/mol. The number of thiophene rings is 1. The largest absolute Gasteiger partial charge is 0.337 e. The second-order valence-corrected chi connectivity index (χ2v) is 10.2. The Bertz CT molecular complexity index is 1620. The normalized spacial score (nSPS) is 11.9. The summed E-state index contributed by atoms with van der Waals surface area (Å²) in [5.74, 6) is 0.746. The molecule has 0 saturated heterocycles. The Morgan fingerprint density at radius 2 is 1.79 bits per heavy atom. The zero-order valence-electron chi connectivity index (χ0n) is 19.4. The number of hydrogen-bond donors (Lipinski definition) is 0. The molecule has 0 amide bonds. The summed E-state index contributed by atoms with van der Waals surface area (Å²) in [4.78, 5) is 31.1. The summed E-state index contributed by atoms with van der Waals surface area (Å²) in [7, 11) is 0. The number of hydrogen-bond acceptors (Lipinski definition) is 6. The highest BCUT2D eigenvalue weighted by Crippen LogP contribution is 2.25. The Kier molecular flexibility index (Phi) is 5.32. The van der Waals surface area contributed by atoms with Gasteiger partial charge in [0.25, 0.3) is 5.56 Å². The predicted octanol–water partition coefficient (Wildman–Crippen LogP) is 4.92. The molecule has 34 heavy (non-hydrogen) atoms. The Hall–Kier alpha value is -3.78. The van der Waals surface area contributed by atoms with Gasteiger partial charge in [0.1, 0.15) is 11.2 Å². The molecule has 0 aliphatic carbocycles. The number of benzene rings is 2. The van der Waals surface area contributed by atoms with Crippen LogP contribution in [0.2, 0.25) is 0 Å².